The second-order valence-corrected chi connectivity index (χ2v) is 10.2. The number of nitrogens with one attached hydrogen (secondary N) is 1. The molecule has 1 aromatic heterocycles. The lowest BCUT2D eigenvalue weighted by Gasteiger charge is -2.40. The summed E-state index contributed by atoms with van der Waals surface area (Å²) in [5.41, 5.74) is -1.72. The first-order valence-electron chi connectivity index (χ1n) is 9.40. The molecule has 0 aliphatic carbocycles. The second-order valence-electron chi connectivity index (χ2n) is 8.09. The number of amides is 2. The summed E-state index contributed by atoms with van der Waals surface area (Å²) in [6, 6.07) is 5.77. The standard InChI is InChI=1S/C21H24BrF3N2O3S/c1-12-16(22)10-17(31-12)18(28)26-14(11-27(19(29)30)20(2,3)4)9-13-7-5-6-8-15(13)21(23,24)25/h5-8,10,14H,9,11H2,1-4H3,(H,26,28)(H,29,30)/p-1/t14-/m0/s1. The average molecular weight is 520 g/mol. The van der Waals surface area contributed by atoms with Crippen LogP contribution in [-0.4, -0.2) is 35.0 Å². The first-order chi connectivity index (χ1) is 14.2. The molecule has 1 atom stereocenters. The molecule has 0 bridgehead atoms. The lowest BCUT2D eigenvalue weighted by atomic mass is 9.97. The largest absolute Gasteiger partial charge is 0.530 e. The fraction of sp³-hybridized carbons (Fsp3) is 0.429. The molecular formula is C21H23BrF3N2O3S-. The number of carbonyl (C=O) groups is 2. The van der Waals surface area contributed by atoms with E-state index in [0.717, 1.165) is 20.3 Å². The first-order valence-corrected chi connectivity index (χ1v) is 11.0. The lowest BCUT2D eigenvalue weighted by molar-refractivity contribution is -0.270. The fourth-order valence-corrected chi connectivity index (χ4v) is 4.51. The molecule has 0 saturated carbocycles. The van der Waals surface area contributed by atoms with Crippen LogP contribution >= 0.6 is 27.3 Å². The number of nitrogens with zero attached hydrogens (tertiary/aromatic N) is 1. The van der Waals surface area contributed by atoms with Gasteiger partial charge in [-0.3, -0.25) is 4.79 Å². The third-order valence-corrected chi connectivity index (χ3v) is 6.77. The number of hydrogen-bond donors (Lipinski definition) is 1. The maximum Gasteiger partial charge on any atom is 0.416 e. The highest BCUT2D eigenvalue weighted by Gasteiger charge is 2.34. The molecule has 0 unspecified atom stereocenters. The van der Waals surface area contributed by atoms with Crippen LogP contribution in [0, 0.1) is 6.92 Å². The Morgan fingerprint density at radius 3 is 2.32 bits per heavy atom. The Hall–Kier alpha value is -2.07. The van der Waals surface area contributed by atoms with Crippen molar-refractivity contribution in [3.63, 3.8) is 0 Å². The van der Waals surface area contributed by atoms with Crippen molar-refractivity contribution in [1.29, 1.82) is 0 Å². The third kappa shape index (κ3) is 6.70. The van der Waals surface area contributed by atoms with Crippen molar-refractivity contribution in [2.75, 3.05) is 6.54 Å². The monoisotopic (exact) mass is 519 g/mol. The molecule has 0 spiro atoms. The molecule has 2 amide bonds. The van der Waals surface area contributed by atoms with Crippen molar-refractivity contribution in [3.05, 3.63) is 55.7 Å². The number of aryl methyl sites for hydroxylation is 1. The summed E-state index contributed by atoms with van der Waals surface area (Å²) in [4.78, 5) is 26.7. The normalized spacial score (nSPS) is 13.0. The summed E-state index contributed by atoms with van der Waals surface area (Å²) in [5.74, 6) is -0.486. The minimum Gasteiger partial charge on any atom is -0.530 e. The maximum atomic E-state index is 13.4. The Morgan fingerprint density at radius 1 is 1.23 bits per heavy atom. The Labute approximate surface area is 191 Å². The van der Waals surface area contributed by atoms with E-state index in [1.807, 2.05) is 6.92 Å². The van der Waals surface area contributed by atoms with Gasteiger partial charge in [-0.15, -0.1) is 11.3 Å². The Balaban J connectivity index is 2.38. The Morgan fingerprint density at radius 2 is 1.84 bits per heavy atom. The van der Waals surface area contributed by atoms with E-state index in [9.17, 15) is 27.9 Å². The highest BCUT2D eigenvalue weighted by molar-refractivity contribution is 9.10. The van der Waals surface area contributed by atoms with Gasteiger partial charge in [-0.2, -0.15) is 13.2 Å². The summed E-state index contributed by atoms with van der Waals surface area (Å²) in [7, 11) is 0. The minimum atomic E-state index is -4.57. The van der Waals surface area contributed by atoms with Gasteiger partial charge in [0.2, 0.25) is 0 Å². The summed E-state index contributed by atoms with van der Waals surface area (Å²) in [6.45, 7) is 6.52. The van der Waals surface area contributed by atoms with Gasteiger partial charge in [0.15, 0.2) is 0 Å². The van der Waals surface area contributed by atoms with Gasteiger partial charge in [0.25, 0.3) is 5.91 Å². The number of thiophene rings is 1. The zero-order valence-corrected chi connectivity index (χ0v) is 19.9. The van der Waals surface area contributed by atoms with Gasteiger partial charge in [-0.25, -0.2) is 0 Å². The molecule has 2 rings (SSSR count). The molecule has 2 aromatic rings. The molecular weight excluding hydrogens is 497 g/mol. The van der Waals surface area contributed by atoms with Gasteiger partial charge in [0, 0.05) is 21.4 Å². The van der Waals surface area contributed by atoms with Crippen LogP contribution in [0.15, 0.2) is 34.8 Å². The van der Waals surface area contributed by atoms with Crippen molar-refractivity contribution in [3.8, 4) is 0 Å². The van der Waals surface area contributed by atoms with E-state index in [2.05, 4.69) is 21.2 Å². The third-order valence-electron chi connectivity index (χ3n) is 4.64. The van der Waals surface area contributed by atoms with Gasteiger partial charge >= 0.3 is 6.18 Å². The average Bonchev–Trinajstić information content (AvgIpc) is 2.96. The van der Waals surface area contributed by atoms with Gasteiger partial charge in [-0.1, -0.05) is 18.2 Å². The van der Waals surface area contributed by atoms with Crippen LogP contribution in [-0.2, 0) is 12.6 Å². The summed E-state index contributed by atoms with van der Waals surface area (Å²) in [6.07, 6.45) is -6.24. The van der Waals surface area contributed by atoms with Gasteiger partial charge in [-0.05, 0) is 67.7 Å². The topological polar surface area (TPSA) is 72.5 Å². The van der Waals surface area contributed by atoms with E-state index >= 15 is 0 Å². The van der Waals surface area contributed by atoms with Crippen LogP contribution in [0.4, 0.5) is 18.0 Å². The highest BCUT2D eigenvalue weighted by Crippen LogP contribution is 2.33. The number of rotatable bonds is 6. The van der Waals surface area contributed by atoms with Crippen molar-refractivity contribution < 1.29 is 27.9 Å². The molecule has 1 N–H and O–H groups in total. The molecule has 5 nitrogen and oxygen atoms in total. The van der Waals surface area contributed by atoms with E-state index in [4.69, 9.17) is 0 Å². The van der Waals surface area contributed by atoms with Gasteiger partial charge < -0.3 is 20.1 Å². The lowest BCUT2D eigenvalue weighted by Crippen LogP contribution is -2.57. The highest BCUT2D eigenvalue weighted by atomic mass is 79.9. The van der Waals surface area contributed by atoms with E-state index in [0.29, 0.717) is 4.88 Å². The molecule has 0 aliphatic rings. The molecule has 10 heteroatoms. The minimum absolute atomic E-state index is 0.0314. The number of carbonyl (C=O) groups excluding carboxylic acids is 2. The van der Waals surface area contributed by atoms with Gasteiger partial charge in [0.05, 0.1) is 16.5 Å². The number of carboxylic acid groups (broad SMARTS) is 1. The summed E-state index contributed by atoms with van der Waals surface area (Å²) < 4.78 is 41.1. The summed E-state index contributed by atoms with van der Waals surface area (Å²) in [5, 5.41) is 14.4. The predicted molar refractivity (Wildman–Crippen MR) is 115 cm³/mol. The zero-order valence-electron chi connectivity index (χ0n) is 17.5. The van der Waals surface area contributed by atoms with Crippen LogP contribution in [0.3, 0.4) is 0 Å². The van der Waals surface area contributed by atoms with Crippen LogP contribution in [0.5, 0.6) is 0 Å². The number of hydrogen-bond acceptors (Lipinski definition) is 4. The number of alkyl halides is 3. The number of benzene rings is 1. The molecule has 0 aliphatic heterocycles. The second kappa shape index (κ2) is 9.60. The first kappa shape index (κ1) is 25.2. The molecule has 1 aromatic carbocycles. The molecule has 0 saturated heterocycles. The van der Waals surface area contributed by atoms with Crippen LogP contribution in [0.2, 0.25) is 0 Å². The maximum absolute atomic E-state index is 13.4. The summed E-state index contributed by atoms with van der Waals surface area (Å²) >= 11 is 4.56. The van der Waals surface area contributed by atoms with E-state index in [1.165, 1.54) is 29.5 Å². The Kier molecular flexibility index (Phi) is 7.80. The molecule has 170 valence electrons. The van der Waals surface area contributed by atoms with Crippen LogP contribution < -0.4 is 10.4 Å². The van der Waals surface area contributed by atoms with Crippen LogP contribution in [0.25, 0.3) is 0 Å². The quantitative estimate of drug-likeness (QED) is 0.604. The fourth-order valence-electron chi connectivity index (χ4n) is 3.07. The molecule has 31 heavy (non-hydrogen) atoms. The van der Waals surface area contributed by atoms with Crippen molar-refractivity contribution in [2.24, 2.45) is 0 Å². The van der Waals surface area contributed by atoms with Crippen molar-refractivity contribution >= 4 is 39.3 Å². The van der Waals surface area contributed by atoms with Crippen molar-refractivity contribution in [2.45, 2.75) is 51.9 Å². The van der Waals surface area contributed by atoms with Crippen LogP contribution in [0.1, 0.15) is 46.4 Å². The van der Waals surface area contributed by atoms with E-state index < -0.39 is 35.3 Å². The van der Waals surface area contributed by atoms with E-state index in [1.54, 1.807) is 26.8 Å². The SMILES string of the molecule is Cc1sc(C(=O)N[C@@H](Cc2ccccc2C(F)(F)F)CN(C(=O)[O-])C(C)(C)C)cc1Br. The van der Waals surface area contributed by atoms with Gasteiger partial charge in [0.1, 0.15) is 6.09 Å². The molecule has 1 heterocycles. The Bertz CT molecular complexity index is 935. The van der Waals surface area contributed by atoms with Crippen molar-refractivity contribution in [1.82, 2.24) is 10.2 Å². The molecule has 0 fully saturated rings. The smallest absolute Gasteiger partial charge is 0.416 e. The van der Waals surface area contributed by atoms with E-state index in [-0.39, 0.29) is 18.5 Å². The zero-order chi connectivity index (χ0) is 23.6. The molecule has 0 radical (unpaired) electrons. The predicted octanol–water partition coefficient (Wildman–Crippen LogP) is 4.62. The number of halogens is 4.